The molecule has 0 aliphatic rings. The first-order chi connectivity index (χ1) is 8.49. The molecule has 0 unspecified atom stereocenters. The third-order valence-corrected chi connectivity index (χ3v) is 3.21. The van der Waals surface area contributed by atoms with Crippen molar-refractivity contribution in [3.8, 4) is 5.75 Å². The van der Waals surface area contributed by atoms with E-state index in [9.17, 15) is 20.1 Å². The van der Waals surface area contributed by atoms with Gasteiger partial charge in [-0.3, -0.25) is 4.79 Å². The highest BCUT2D eigenvalue weighted by atomic mass is 16.3. The van der Waals surface area contributed by atoms with Crippen molar-refractivity contribution < 1.29 is 20.1 Å². The van der Waals surface area contributed by atoms with Crippen LogP contribution in [-0.4, -0.2) is 40.0 Å². The molecule has 1 aromatic rings. The lowest BCUT2D eigenvalue weighted by Gasteiger charge is -2.30. The van der Waals surface area contributed by atoms with Crippen LogP contribution in [0.5, 0.6) is 5.75 Å². The summed E-state index contributed by atoms with van der Waals surface area (Å²) in [7, 11) is 0. The van der Waals surface area contributed by atoms with Crippen LogP contribution in [0.3, 0.4) is 0 Å². The first-order valence-corrected chi connectivity index (χ1v) is 5.82. The van der Waals surface area contributed by atoms with Crippen LogP contribution in [-0.2, 0) is 0 Å². The van der Waals surface area contributed by atoms with Crippen molar-refractivity contribution in [3.05, 3.63) is 29.3 Å². The molecule has 100 valence electrons. The number of carbonyl (C=O) groups excluding carboxylic acids is 1. The summed E-state index contributed by atoms with van der Waals surface area (Å²) in [5.74, 6) is -0.383. The number of nitrogens with one attached hydrogen (secondary N) is 1. The minimum Gasteiger partial charge on any atom is -0.508 e. The molecule has 0 radical (unpaired) electrons. The maximum absolute atomic E-state index is 12.1. The average Bonchev–Trinajstić information content (AvgIpc) is 2.39. The van der Waals surface area contributed by atoms with Gasteiger partial charge in [0.25, 0.3) is 5.91 Å². The Hall–Kier alpha value is -1.59. The zero-order valence-electron chi connectivity index (χ0n) is 10.6. The Morgan fingerprint density at radius 3 is 2.44 bits per heavy atom. The number of rotatable bonds is 5. The van der Waals surface area contributed by atoms with E-state index in [-0.39, 0.29) is 19.0 Å². The first kappa shape index (κ1) is 14.5. The molecule has 0 heterocycles. The SMILES string of the molecule is CCC(CO)(CO)NC(=O)c1cccc(O)c1C. The molecule has 1 rings (SSSR count). The van der Waals surface area contributed by atoms with E-state index in [0.29, 0.717) is 17.5 Å². The zero-order valence-corrected chi connectivity index (χ0v) is 10.6. The second-order valence-electron chi connectivity index (χ2n) is 4.35. The molecule has 0 saturated carbocycles. The molecule has 18 heavy (non-hydrogen) atoms. The van der Waals surface area contributed by atoms with Crippen LogP contribution in [0.2, 0.25) is 0 Å². The number of carbonyl (C=O) groups is 1. The van der Waals surface area contributed by atoms with Gasteiger partial charge in [-0.25, -0.2) is 0 Å². The van der Waals surface area contributed by atoms with E-state index in [2.05, 4.69) is 5.32 Å². The molecule has 0 saturated heterocycles. The van der Waals surface area contributed by atoms with Crippen molar-refractivity contribution in [1.82, 2.24) is 5.32 Å². The third-order valence-electron chi connectivity index (χ3n) is 3.21. The lowest BCUT2D eigenvalue weighted by atomic mass is 9.97. The Morgan fingerprint density at radius 1 is 1.33 bits per heavy atom. The first-order valence-electron chi connectivity index (χ1n) is 5.82. The molecule has 0 bridgehead atoms. The summed E-state index contributed by atoms with van der Waals surface area (Å²) in [4.78, 5) is 12.1. The number of aromatic hydroxyl groups is 1. The molecule has 0 aliphatic carbocycles. The molecular weight excluding hydrogens is 234 g/mol. The minimum absolute atomic E-state index is 0.0396. The predicted molar refractivity (Wildman–Crippen MR) is 67.5 cm³/mol. The number of aliphatic hydroxyl groups is 2. The fourth-order valence-corrected chi connectivity index (χ4v) is 1.62. The molecule has 1 amide bonds. The maximum Gasteiger partial charge on any atom is 0.252 e. The monoisotopic (exact) mass is 253 g/mol. The lowest BCUT2D eigenvalue weighted by molar-refractivity contribution is 0.0652. The average molecular weight is 253 g/mol. The molecule has 5 heteroatoms. The summed E-state index contributed by atoms with van der Waals surface area (Å²) in [6, 6.07) is 4.65. The standard InChI is InChI=1S/C13H19NO4/c1-3-13(7-15,8-16)14-12(18)10-5-4-6-11(17)9(10)2/h4-6,15-17H,3,7-8H2,1-2H3,(H,14,18). The Balaban J connectivity index is 2.98. The van der Waals surface area contributed by atoms with Crippen LogP contribution in [0.4, 0.5) is 0 Å². The van der Waals surface area contributed by atoms with Crippen LogP contribution in [0, 0.1) is 6.92 Å². The maximum atomic E-state index is 12.1. The number of phenols is 1. The minimum atomic E-state index is -1.03. The summed E-state index contributed by atoms with van der Waals surface area (Å²) in [6.45, 7) is 2.71. The van der Waals surface area contributed by atoms with Gasteiger partial charge in [0.1, 0.15) is 5.75 Å². The fraction of sp³-hybridized carbons (Fsp3) is 0.462. The normalized spacial score (nSPS) is 11.3. The highest BCUT2D eigenvalue weighted by Crippen LogP contribution is 2.20. The molecule has 5 nitrogen and oxygen atoms in total. The summed E-state index contributed by atoms with van der Waals surface area (Å²) in [6.07, 6.45) is 0.406. The Bertz CT molecular complexity index is 419. The van der Waals surface area contributed by atoms with Crippen LogP contribution >= 0.6 is 0 Å². The second kappa shape index (κ2) is 5.84. The number of aliphatic hydroxyl groups excluding tert-OH is 2. The molecule has 0 aliphatic heterocycles. The Morgan fingerprint density at radius 2 is 1.94 bits per heavy atom. The van der Waals surface area contributed by atoms with Crippen LogP contribution in [0.25, 0.3) is 0 Å². The van der Waals surface area contributed by atoms with Gasteiger partial charge < -0.3 is 20.6 Å². The van der Waals surface area contributed by atoms with Gasteiger partial charge in [-0.1, -0.05) is 13.0 Å². The highest BCUT2D eigenvalue weighted by molar-refractivity contribution is 5.96. The van der Waals surface area contributed by atoms with E-state index in [1.807, 2.05) is 0 Å². The van der Waals surface area contributed by atoms with Crippen molar-refractivity contribution in [2.45, 2.75) is 25.8 Å². The summed E-state index contributed by atoms with van der Waals surface area (Å²) in [5.41, 5.74) is -0.236. The van der Waals surface area contributed by atoms with Gasteiger partial charge in [0.2, 0.25) is 0 Å². The van der Waals surface area contributed by atoms with Crippen molar-refractivity contribution in [2.75, 3.05) is 13.2 Å². The Kier molecular flexibility index (Phi) is 4.69. The molecule has 4 N–H and O–H groups in total. The van der Waals surface area contributed by atoms with E-state index < -0.39 is 11.4 Å². The van der Waals surface area contributed by atoms with Crippen molar-refractivity contribution in [3.63, 3.8) is 0 Å². The molecule has 0 fully saturated rings. The van der Waals surface area contributed by atoms with Gasteiger partial charge in [0, 0.05) is 11.1 Å². The van der Waals surface area contributed by atoms with E-state index >= 15 is 0 Å². The number of benzene rings is 1. The highest BCUT2D eigenvalue weighted by Gasteiger charge is 2.29. The number of amides is 1. The molecule has 1 aromatic carbocycles. The largest absolute Gasteiger partial charge is 0.508 e. The predicted octanol–water partition coefficient (Wildman–Crippen LogP) is 0.564. The van der Waals surface area contributed by atoms with E-state index in [1.165, 1.54) is 6.07 Å². The molecule has 0 atom stereocenters. The van der Waals surface area contributed by atoms with Gasteiger partial charge in [0.05, 0.1) is 18.8 Å². The number of hydrogen-bond acceptors (Lipinski definition) is 4. The van der Waals surface area contributed by atoms with E-state index in [1.54, 1.807) is 26.0 Å². The number of hydrogen-bond donors (Lipinski definition) is 4. The molecule has 0 spiro atoms. The number of phenolic OH excluding ortho intramolecular Hbond substituents is 1. The van der Waals surface area contributed by atoms with Gasteiger partial charge in [0.15, 0.2) is 0 Å². The Labute approximate surface area is 106 Å². The fourth-order valence-electron chi connectivity index (χ4n) is 1.62. The van der Waals surface area contributed by atoms with Gasteiger partial charge in [-0.15, -0.1) is 0 Å². The van der Waals surface area contributed by atoms with Crippen LogP contribution in [0.1, 0.15) is 29.3 Å². The molecule has 0 aromatic heterocycles. The van der Waals surface area contributed by atoms with E-state index in [4.69, 9.17) is 0 Å². The molecular formula is C13H19NO4. The quantitative estimate of drug-likeness (QED) is 0.617. The summed E-state index contributed by atoms with van der Waals surface area (Å²) >= 11 is 0. The van der Waals surface area contributed by atoms with Gasteiger partial charge in [-0.05, 0) is 25.5 Å². The van der Waals surface area contributed by atoms with Crippen molar-refractivity contribution >= 4 is 5.91 Å². The van der Waals surface area contributed by atoms with Crippen LogP contribution in [0.15, 0.2) is 18.2 Å². The van der Waals surface area contributed by atoms with Gasteiger partial charge >= 0.3 is 0 Å². The lowest BCUT2D eigenvalue weighted by Crippen LogP contribution is -2.53. The smallest absolute Gasteiger partial charge is 0.252 e. The topological polar surface area (TPSA) is 89.8 Å². The third kappa shape index (κ3) is 2.80. The van der Waals surface area contributed by atoms with Gasteiger partial charge in [-0.2, -0.15) is 0 Å². The van der Waals surface area contributed by atoms with Crippen molar-refractivity contribution in [1.29, 1.82) is 0 Å². The second-order valence-corrected chi connectivity index (χ2v) is 4.35. The van der Waals surface area contributed by atoms with E-state index in [0.717, 1.165) is 0 Å². The van der Waals surface area contributed by atoms with Crippen molar-refractivity contribution in [2.24, 2.45) is 0 Å². The zero-order chi connectivity index (χ0) is 13.8. The summed E-state index contributed by atoms with van der Waals surface area (Å²) < 4.78 is 0. The summed E-state index contributed by atoms with van der Waals surface area (Å²) in [5, 5.41) is 30.7. The van der Waals surface area contributed by atoms with Crippen LogP contribution < -0.4 is 5.32 Å².